The lowest BCUT2D eigenvalue weighted by atomic mass is 10.00. The molecule has 0 aliphatic heterocycles. The van der Waals surface area contributed by atoms with Crippen molar-refractivity contribution in [2.24, 2.45) is 0 Å². The summed E-state index contributed by atoms with van der Waals surface area (Å²) in [6.07, 6.45) is 5.68. The Balaban J connectivity index is 2.23. The predicted octanol–water partition coefficient (Wildman–Crippen LogP) is 2.05. The fourth-order valence-electron chi connectivity index (χ4n) is 1.27. The first-order valence-electron chi connectivity index (χ1n) is 3.30. The van der Waals surface area contributed by atoms with E-state index in [1.54, 1.807) is 0 Å². The van der Waals surface area contributed by atoms with Gasteiger partial charge in [-0.2, -0.15) is 0 Å². The van der Waals surface area contributed by atoms with Crippen LogP contribution in [0.2, 0.25) is 0 Å². The molecule has 0 aromatic rings. The minimum Gasteiger partial charge on any atom is -0.134 e. The van der Waals surface area contributed by atoms with Gasteiger partial charge in [-0.25, -0.2) is 0 Å². The van der Waals surface area contributed by atoms with Crippen LogP contribution in [-0.4, -0.2) is 11.3 Å². The highest BCUT2D eigenvalue weighted by molar-refractivity contribution is 7.19. The quantitative estimate of drug-likeness (QED) is 0.461. The molecule has 4 unspecified atom stereocenters. The van der Waals surface area contributed by atoms with E-state index in [0.29, 0.717) is 0 Å². The van der Waals surface area contributed by atoms with Gasteiger partial charge in [-0.3, -0.25) is 0 Å². The zero-order valence-electron chi connectivity index (χ0n) is 5.14. The third kappa shape index (κ3) is 2.00. The summed E-state index contributed by atoms with van der Waals surface area (Å²) in [6, 6.07) is 0. The van der Waals surface area contributed by atoms with Gasteiger partial charge in [0, 0.05) is 0 Å². The Kier molecular flexibility index (Phi) is 2.73. The topological polar surface area (TPSA) is 0 Å². The second-order valence-corrected chi connectivity index (χ2v) is 4.57. The molecule has 0 spiro atoms. The minimum absolute atomic E-state index is 0.909. The van der Waals surface area contributed by atoms with Gasteiger partial charge in [0.1, 0.15) is 0 Å². The van der Waals surface area contributed by atoms with Crippen molar-refractivity contribution >= 4 is 18.5 Å². The van der Waals surface area contributed by atoms with Crippen molar-refractivity contribution in [3.63, 3.8) is 0 Å². The Labute approximate surface area is 56.2 Å². The molecule has 4 atom stereocenters. The maximum atomic E-state index is 2.92. The second-order valence-electron chi connectivity index (χ2n) is 2.69. The Hall–Kier alpha value is 0.860. The average molecular weight is 148 g/mol. The molecule has 1 aliphatic carbocycles. The molecular weight excluding hydrogens is 134 g/mol. The van der Waals surface area contributed by atoms with Gasteiger partial charge in [0.25, 0.3) is 0 Å². The summed E-state index contributed by atoms with van der Waals surface area (Å²) in [5, 5.41) is 0. The van der Waals surface area contributed by atoms with E-state index in [1.807, 2.05) is 0 Å². The fourth-order valence-corrected chi connectivity index (χ4v) is 2.75. The molecule has 1 fully saturated rings. The molecule has 48 valence electrons. The number of hydrogen-bond acceptors (Lipinski definition) is 0. The fraction of sp³-hybridized carbons (Fsp3) is 1.00. The van der Waals surface area contributed by atoms with E-state index in [-0.39, 0.29) is 0 Å². The van der Waals surface area contributed by atoms with Gasteiger partial charge in [-0.15, -0.1) is 18.5 Å². The van der Waals surface area contributed by atoms with E-state index >= 15 is 0 Å². The van der Waals surface area contributed by atoms with Crippen molar-refractivity contribution in [2.45, 2.75) is 37.0 Å². The monoisotopic (exact) mass is 148 g/mol. The molecule has 2 heteroatoms. The predicted molar refractivity (Wildman–Crippen MR) is 45.5 cm³/mol. The van der Waals surface area contributed by atoms with Gasteiger partial charge >= 0.3 is 0 Å². The maximum Gasteiger partial charge on any atom is -0.0258 e. The second kappa shape index (κ2) is 3.14. The zero-order valence-corrected chi connectivity index (χ0v) is 7.45. The molecule has 0 heterocycles. The SMILES string of the molecule is PC1CCCC(P)C1. The van der Waals surface area contributed by atoms with Crippen LogP contribution >= 0.6 is 18.5 Å². The normalized spacial score (nSPS) is 39.8. The van der Waals surface area contributed by atoms with Crippen LogP contribution < -0.4 is 0 Å². The Morgan fingerprint density at radius 1 is 1.00 bits per heavy atom. The molecule has 0 bridgehead atoms. The van der Waals surface area contributed by atoms with Crippen LogP contribution in [0.25, 0.3) is 0 Å². The molecule has 1 saturated carbocycles. The molecule has 0 saturated heterocycles. The third-order valence-corrected chi connectivity index (χ3v) is 2.97. The minimum atomic E-state index is 0.909. The van der Waals surface area contributed by atoms with Crippen LogP contribution in [0, 0.1) is 0 Å². The van der Waals surface area contributed by atoms with Gasteiger partial charge in [-0.1, -0.05) is 6.42 Å². The number of rotatable bonds is 0. The van der Waals surface area contributed by atoms with Gasteiger partial charge in [0.15, 0.2) is 0 Å². The summed E-state index contributed by atoms with van der Waals surface area (Å²) in [7, 11) is 5.83. The van der Waals surface area contributed by atoms with Gasteiger partial charge in [0.05, 0.1) is 0 Å². The summed E-state index contributed by atoms with van der Waals surface area (Å²) in [4.78, 5) is 0. The zero-order chi connectivity index (χ0) is 5.98. The first-order valence-corrected chi connectivity index (χ1v) is 4.63. The van der Waals surface area contributed by atoms with Crippen molar-refractivity contribution in [2.75, 3.05) is 0 Å². The molecule has 0 nitrogen and oxygen atoms in total. The van der Waals surface area contributed by atoms with Crippen molar-refractivity contribution in [3.8, 4) is 0 Å². The van der Waals surface area contributed by atoms with Crippen LogP contribution in [-0.2, 0) is 0 Å². The standard InChI is InChI=1S/C6H14P2/c7-5-2-1-3-6(8)4-5/h5-6H,1-4,7-8H2. The van der Waals surface area contributed by atoms with Gasteiger partial charge in [0.2, 0.25) is 0 Å². The largest absolute Gasteiger partial charge is 0.134 e. The van der Waals surface area contributed by atoms with Gasteiger partial charge < -0.3 is 0 Å². The molecular formula is C6H14P2. The third-order valence-electron chi connectivity index (χ3n) is 1.76. The average Bonchev–Trinajstić information content (AvgIpc) is 1.64. The summed E-state index contributed by atoms with van der Waals surface area (Å²) in [6.45, 7) is 0. The van der Waals surface area contributed by atoms with Crippen LogP contribution in [0.3, 0.4) is 0 Å². The van der Waals surface area contributed by atoms with E-state index in [9.17, 15) is 0 Å². The van der Waals surface area contributed by atoms with E-state index in [2.05, 4.69) is 18.5 Å². The Morgan fingerprint density at radius 3 is 1.75 bits per heavy atom. The lowest BCUT2D eigenvalue weighted by Gasteiger charge is -2.22. The summed E-state index contributed by atoms with van der Waals surface area (Å²) in [5.74, 6) is 0. The van der Waals surface area contributed by atoms with Crippen molar-refractivity contribution in [1.82, 2.24) is 0 Å². The van der Waals surface area contributed by atoms with E-state index in [0.717, 1.165) is 11.3 Å². The lowest BCUT2D eigenvalue weighted by molar-refractivity contribution is 0.527. The molecule has 0 amide bonds. The van der Waals surface area contributed by atoms with Crippen molar-refractivity contribution < 1.29 is 0 Å². The lowest BCUT2D eigenvalue weighted by Crippen LogP contribution is -2.13. The first kappa shape index (κ1) is 6.97. The Morgan fingerprint density at radius 2 is 1.50 bits per heavy atom. The van der Waals surface area contributed by atoms with E-state index in [1.165, 1.54) is 25.7 Å². The highest BCUT2D eigenvalue weighted by Crippen LogP contribution is 2.28. The molecule has 8 heavy (non-hydrogen) atoms. The molecule has 0 aromatic heterocycles. The highest BCUT2D eigenvalue weighted by atomic mass is 31.0. The number of hydrogen-bond donors (Lipinski definition) is 0. The Bertz CT molecular complexity index is 64.9. The highest BCUT2D eigenvalue weighted by Gasteiger charge is 2.13. The van der Waals surface area contributed by atoms with Crippen LogP contribution in [0.1, 0.15) is 25.7 Å². The van der Waals surface area contributed by atoms with Crippen LogP contribution in [0.4, 0.5) is 0 Å². The summed E-state index contributed by atoms with van der Waals surface area (Å²) in [5.41, 5.74) is 1.82. The molecule has 1 aliphatic rings. The van der Waals surface area contributed by atoms with Crippen molar-refractivity contribution in [3.05, 3.63) is 0 Å². The maximum absolute atomic E-state index is 2.92. The van der Waals surface area contributed by atoms with Gasteiger partial charge in [-0.05, 0) is 30.6 Å². The smallest absolute Gasteiger partial charge is 0.0258 e. The van der Waals surface area contributed by atoms with E-state index < -0.39 is 0 Å². The summed E-state index contributed by atoms with van der Waals surface area (Å²) >= 11 is 0. The van der Waals surface area contributed by atoms with Crippen LogP contribution in [0.15, 0.2) is 0 Å². The molecule has 0 aromatic carbocycles. The molecule has 1 rings (SSSR count). The molecule has 0 radical (unpaired) electrons. The first-order chi connectivity index (χ1) is 3.79. The summed E-state index contributed by atoms with van der Waals surface area (Å²) < 4.78 is 0. The van der Waals surface area contributed by atoms with Crippen molar-refractivity contribution in [1.29, 1.82) is 0 Å². The van der Waals surface area contributed by atoms with Crippen LogP contribution in [0.5, 0.6) is 0 Å². The molecule has 0 N–H and O–H groups in total. The van der Waals surface area contributed by atoms with E-state index in [4.69, 9.17) is 0 Å².